The first-order valence-corrected chi connectivity index (χ1v) is 15.7. The third-order valence-corrected chi connectivity index (χ3v) is 7.60. The maximum absolute atomic E-state index is 12.6. The van der Waals surface area contributed by atoms with Gasteiger partial charge in [-0.15, -0.1) is 0 Å². The molecule has 0 aliphatic carbocycles. The average Bonchev–Trinajstić information content (AvgIpc) is 2.85. The van der Waals surface area contributed by atoms with Crippen LogP contribution in [-0.2, 0) is 11.1 Å². The number of fused-ring (bicyclic) bond motifs is 2. The Morgan fingerprint density at radius 2 is 1.33 bits per heavy atom. The number of para-hydroxylation sites is 1. The molecule has 4 aromatic rings. The van der Waals surface area contributed by atoms with Crippen molar-refractivity contribution in [2.24, 2.45) is 6.26 Å². The van der Waals surface area contributed by atoms with E-state index in [1.807, 2.05) is 55.5 Å². The van der Waals surface area contributed by atoms with Crippen LogP contribution >= 0.6 is 18.3 Å². The van der Waals surface area contributed by atoms with Gasteiger partial charge in [0.1, 0.15) is 12.0 Å². The van der Waals surface area contributed by atoms with Crippen LogP contribution in [0.4, 0.5) is 25.2 Å². The molecule has 0 amide bonds. The normalized spacial score (nSPS) is 14.3. The van der Waals surface area contributed by atoms with Crippen molar-refractivity contribution in [2.75, 3.05) is 0 Å². The molecule has 2 atom stereocenters. The molecule has 0 aliphatic heterocycles. The number of benzene rings is 3. The van der Waals surface area contributed by atoms with Crippen molar-refractivity contribution in [1.82, 2.24) is 0 Å². The molecule has 0 fully saturated rings. The molecule has 4 rings (SSSR count). The SMILES string of the molecule is CC(C)c1ccc2c(c1)c(=O)c1ccccc1[s+]2C.CCC(=O)C(C)Oc1ccccc1.F[P-](F)(F)(F)(F)F. The second-order valence-corrected chi connectivity index (χ2v) is 12.9. The molecule has 0 saturated heterocycles. The summed E-state index contributed by atoms with van der Waals surface area (Å²) in [5, 5.41) is 1.78. The van der Waals surface area contributed by atoms with Gasteiger partial charge in [-0.2, -0.15) is 0 Å². The fourth-order valence-corrected chi connectivity index (χ4v) is 5.36. The van der Waals surface area contributed by atoms with E-state index >= 15 is 0 Å². The van der Waals surface area contributed by atoms with Crippen molar-refractivity contribution >= 4 is 44.2 Å². The Bertz CT molecular complexity index is 1490. The van der Waals surface area contributed by atoms with Crippen LogP contribution in [0.3, 0.4) is 0 Å². The molecule has 0 N–H and O–H groups in total. The quantitative estimate of drug-likeness (QED) is 0.100. The Morgan fingerprint density at radius 1 is 0.821 bits per heavy atom. The topological polar surface area (TPSA) is 43.4 Å². The number of ether oxygens (including phenoxy) is 1. The molecule has 0 radical (unpaired) electrons. The van der Waals surface area contributed by atoms with Gasteiger partial charge in [-0.1, -0.05) is 57.2 Å². The van der Waals surface area contributed by atoms with Gasteiger partial charge in [0.2, 0.25) is 5.43 Å². The predicted octanol–water partition coefficient (Wildman–Crippen LogP) is 10.6. The minimum atomic E-state index is -10.7. The number of hydrogen-bond donors (Lipinski definition) is 0. The molecule has 0 bridgehead atoms. The summed E-state index contributed by atoms with van der Waals surface area (Å²) < 4.78 is 67.0. The van der Waals surface area contributed by atoms with E-state index in [-0.39, 0.29) is 27.8 Å². The van der Waals surface area contributed by atoms with Gasteiger partial charge >= 0.3 is 33.0 Å². The van der Waals surface area contributed by atoms with Gasteiger partial charge in [0.05, 0.1) is 10.8 Å². The Kier molecular flexibility index (Phi) is 9.62. The molecule has 39 heavy (non-hydrogen) atoms. The second-order valence-electron chi connectivity index (χ2n) is 9.10. The van der Waals surface area contributed by atoms with E-state index in [9.17, 15) is 34.8 Å². The van der Waals surface area contributed by atoms with Gasteiger partial charge in [0, 0.05) is 6.42 Å². The molecule has 3 nitrogen and oxygen atoms in total. The number of hydrogen-bond acceptors (Lipinski definition) is 3. The Hall–Kier alpha value is -2.97. The van der Waals surface area contributed by atoms with Crippen LogP contribution in [-0.4, -0.2) is 11.9 Å². The standard InChI is InChI=1S/C17H17OS.C11H14O2.F6P/c1-11(2)12-8-9-16-14(10-12)17(18)13-6-4-5-7-15(13)19(16)3;1-3-11(12)9(2)13-10-7-5-4-6-8-10;1-7(2,3,4,5)6/h4-11H,1-3H3;4-9H,3H2,1-2H3;/q+1;;-1. The molecule has 214 valence electrons. The van der Waals surface area contributed by atoms with E-state index in [2.05, 4.69) is 44.4 Å². The summed E-state index contributed by atoms with van der Waals surface area (Å²) in [4.78, 5) is 23.8. The van der Waals surface area contributed by atoms with Gasteiger partial charge in [0.25, 0.3) is 0 Å². The van der Waals surface area contributed by atoms with Gasteiger partial charge < -0.3 is 4.74 Å². The molecular weight excluding hydrogens is 561 g/mol. The van der Waals surface area contributed by atoms with Gasteiger partial charge in [0.15, 0.2) is 21.3 Å². The van der Waals surface area contributed by atoms with Crippen molar-refractivity contribution in [1.29, 1.82) is 0 Å². The number of carbonyl (C=O) groups excluding carboxylic acids is 1. The molecule has 1 aromatic heterocycles. The van der Waals surface area contributed by atoms with Crippen molar-refractivity contribution in [2.45, 2.75) is 46.1 Å². The zero-order valence-corrected chi connectivity index (χ0v) is 23.8. The van der Waals surface area contributed by atoms with Crippen LogP contribution in [0.1, 0.15) is 45.6 Å². The van der Waals surface area contributed by atoms with Crippen LogP contribution in [0, 0.1) is 0 Å². The first-order chi connectivity index (χ1) is 17.8. The first kappa shape index (κ1) is 32.2. The van der Waals surface area contributed by atoms with Crippen LogP contribution in [0.25, 0.3) is 20.2 Å². The Labute approximate surface area is 225 Å². The number of rotatable bonds is 5. The molecular formula is C28H31F6O3PS. The van der Waals surface area contributed by atoms with Gasteiger partial charge in [-0.3, -0.25) is 9.59 Å². The molecule has 0 aliphatic rings. The summed E-state index contributed by atoms with van der Waals surface area (Å²) >= 11 is 0. The number of Topliss-reactive ketones (excluding diaryl/α,β-unsaturated/α-hetero) is 1. The summed E-state index contributed by atoms with van der Waals surface area (Å²) in [5.41, 5.74) is 1.42. The fraction of sp³-hybridized carbons (Fsp3) is 0.286. The molecule has 0 saturated carbocycles. The number of aryl methyl sites for hydroxylation is 1. The summed E-state index contributed by atoms with van der Waals surface area (Å²) in [5.74, 6) is 1.33. The summed E-state index contributed by atoms with van der Waals surface area (Å²) in [6.45, 7) is 7.94. The van der Waals surface area contributed by atoms with Crippen molar-refractivity contribution < 1.29 is 34.7 Å². The zero-order valence-electron chi connectivity index (χ0n) is 22.1. The van der Waals surface area contributed by atoms with E-state index in [4.69, 9.17) is 4.74 Å². The average molecular weight is 593 g/mol. The molecule has 3 aromatic carbocycles. The van der Waals surface area contributed by atoms with E-state index in [0.717, 1.165) is 16.5 Å². The predicted molar refractivity (Wildman–Crippen MR) is 151 cm³/mol. The number of halogens is 6. The summed E-state index contributed by atoms with van der Waals surface area (Å²) in [6.07, 6.45) is 2.39. The van der Waals surface area contributed by atoms with Crippen LogP contribution in [0.2, 0.25) is 0 Å². The second kappa shape index (κ2) is 11.6. The summed E-state index contributed by atoms with van der Waals surface area (Å²) in [6, 6.07) is 23.8. The maximum atomic E-state index is 12.6. The van der Waals surface area contributed by atoms with E-state index in [1.54, 1.807) is 6.92 Å². The minimum absolute atomic E-state index is 0.00310. The third-order valence-electron chi connectivity index (χ3n) is 5.56. The summed E-state index contributed by atoms with van der Waals surface area (Å²) in [7, 11) is -10.7. The first-order valence-electron chi connectivity index (χ1n) is 12.0. The third kappa shape index (κ3) is 11.0. The van der Waals surface area contributed by atoms with Crippen LogP contribution in [0.5, 0.6) is 5.75 Å². The van der Waals surface area contributed by atoms with Gasteiger partial charge in [-0.25, -0.2) is 0 Å². The molecule has 11 heteroatoms. The zero-order chi connectivity index (χ0) is 29.7. The van der Waals surface area contributed by atoms with Gasteiger partial charge in [-0.05, 0) is 65.3 Å². The van der Waals surface area contributed by atoms with Crippen LogP contribution < -0.4 is 10.2 Å². The van der Waals surface area contributed by atoms with E-state index < -0.39 is 7.81 Å². The van der Waals surface area contributed by atoms with Crippen LogP contribution in [0.15, 0.2) is 77.6 Å². The Morgan fingerprint density at radius 3 is 1.87 bits per heavy atom. The molecule has 2 unspecified atom stereocenters. The fourth-order valence-electron chi connectivity index (χ4n) is 3.59. The monoisotopic (exact) mass is 592 g/mol. The van der Waals surface area contributed by atoms with Crippen molar-refractivity contribution in [3.63, 3.8) is 0 Å². The van der Waals surface area contributed by atoms with E-state index in [0.29, 0.717) is 12.3 Å². The number of ketones is 1. The van der Waals surface area contributed by atoms with E-state index in [1.165, 1.54) is 15.0 Å². The Balaban J connectivity index is 0.000000232. The molecule has 0 spiro atoms. The van der Waals surface area contributed by atoms with Crippen molar-refractivity contribution in [3.8, 4) is 5.75 Å². The number of carbonyl (C=O) groups is 1. The van der Waals surface area contributed by atoms with Crippen molar-refractivity contribution in [3.05, 3.63) is 88.6 Å². The molecule has 1 heterocycles.